The van der Waals surface area contributed by atoms with Crippen LogP contribution in [0.2, 0.25) is 0 Å². The van der Waals surface area contributed by atoms with Crippen molar-refractivity contribution < 1.29 is 28.0 Å². The standard InChI is InChI=1S/C21H24N4O6S/c1-2-3-14-31-17-8-10-18(11-9-17)32(29,30)25-19(21(27)24-28)7-5-13-23-20(26)16-6-4-12-22-15-16/h4,6,8-12,15,19,25,28H,5,7,13-14H2,1H3,(H,23,26)(H,24,27)/t19-/m1/s1. The van der Waals surface area contributed by atoms with E-state index in [1.807, 2.05) is 0 Å². The molecule has 0 fully saturated rings. The second-order valence-corrected chi connectivity index (χ2v) is 8.19. The van der Waals surface area contributed by atoms with E-state index < -0.39 is 22.0 Å². The number of pyridine rings is 1. The van der Waals surface area contributed by atoms with Gasteiger partial charge in [-0.15, -0.1) is 5.92 Å². The smallest absolute Gasteiger partial charge is 0.261 e. The van der Waals surface area contributed by atoms with Gasteiger partial charge in [0, 0.05) is 18.9 Å². The van der Waals surface area contributed by atoms with Gasteiger partial charge < -0.3 is 10.1 Å². The van der Waals surface area contributed by atoms with Crippen molar-refractivity contribution in [2.45, 2.75) is 30.7 Å². The Labute approximate surface area is 186 Å². The lowest BCUT2D eigenvalue weighted by Gasteiger charge is -2.17. The molecular formula is C21H24N4O6S. The SMILES string of the molecule is CC#CCOc1ccc(S(=O)(=O)N[C@H](CCCNC(=O)c2cccnc2)C(=O)NO)cc1. The topological polar surface area (TPSA) is 147 Å². The Bertz CT molecular complexity index is 1060. The van der Waals surface area contributed by atoms with Crippen LogP contribution in [0.4, 0.5) is 0 Å². The number of aromatic nitrogens is 1. The van der Waals surface area contributed by atoms with Crippen molar-refractivity contribution in [2.75, 3.05) is 13.2 Å². The Balaban J connectivity index is 1.94. The van der Waals surface area contributed by atoms with E-state index in [1.54, 1.807) is 25.3 Å². The van der Waals surface area contributed by atoms with E-state index in [4.69, 9.17) is 9.94 Å². The van der Waals surface area contributed by atoms with E-state index in [0.29, 0.717) is 11.3 Å². The first-order valence-electron chi connectivity index (χ1n) is 9.64. The minimum atomic E-state index is -4.05. The molecule has 0 saturated carbocycles. The molecule has 0 aliphatic heterocycles. The van der Waals surface area contributed by atoms with Crippen molar-refractivity contribution >= 4 is 21.8 Å². The Hall–Kier alpha value is -3.46. The number of hydrogen-bond donors (Lipinski definition) is 4. The summed E-state index contributed by atoms with van der Waals surface area (Å²) in [5.74, 6) is 4.60. The highest BCUT2D eigenvalue weighted by atomic mass is 32.2. The molecule has 32 heavy (non-hydrogen) atoms. The van der Waals surface area contributed by atoms with Crippen LogP contribution in [-0.2, 0) is 14.8 Å². The van der Waals surface area contributed by atoms with Gasteiger partial charge in [0.1, 0.15) is 18.4 Å². The maximum atomic E-state index is 12.6. The lowest BCUT2D eigenvalue weighted by atomic mass is 10.1. The fourth-order valence-electron chi connectivity index (χ4n) is 2.59. The minimum Gasteiger partial charge on any atom is -0.481 e. The van der Waals surface area contributed by atoms with Crippen LogP contribution in [0.1, 0.15) is 30.1 Å². The number of benzene rings is 1. The molecule has 0 saturated heterocycles. The van der Waals surface area contributed by atoms with Crippen LogP contribution in [-0.4, -0.2) is 49.6 Å². The predicted octanol–water partition coefficient (Wildman–Crippen LogP) is 0.846. The van der Waals surface area contributed by atoms with Crippen LogP contribution < -0.4 is 20.3 Å². The number of hydroxylamine groups is 1. The molecule has 0 bridgehead atoms. The summed E-state index contributed by atoms with van der Waals surface area (Å²) in [7, 11) is -4.05. The van der Waals surface area contributed by atoms with Crippen molar-refractivity contribution in [3.8, 4) is 17.6 Å². The van der Waals surface area contributed by atoms with Gasteiger partial charge in [0.2, 0.25) is 10.0 Å². The number of rotatable bonds is 11. The van der Waals surface area contributed by atoms with Crippen LogP contribution in [0.15, 0.2) is 53.7 Å². The first kappa shape index (κ1) is 24.8. The average molecular weight is 461 g/mol. The fourth-order valence-corrected chi connectivity index (χ4v) is 3.82. The van der Waals surface area contributed by atoms with E-state index >= 15 is 0 Å². The molecule has 1 aromatic heterocycles. The molecule has 170 valence electrons. The van der Waals surface area contributed by atoms with Crippen molar-refractivity contribution in [3.05, 3.63) is 54.4 Å². The van der Waals surface area contributed by atoms with E-state index in [9.17, 15) is 18.0 Å². The Morgan fingerprint density at radius 2 is 1.97 bits per heavy atom. The van der Waals surface area contributed by atoms with Gasteiger partial charge >= 0.3 is 0 Å². The number of amides is 2. The molecule has 0 aliphatic rings. The maximum absolute atomic E-state index is 12.6. The Morgan fingerprint density at radius 1 is 1.22 bits per heavy atom. The van der Waals surface area contributed by atoms with Crippen molar-refractivity contribution in [2.24, 2.45) is 0 Å². The Kier molecular flexibility index (Phi) is 9.62. The molecule has 1 atom stereocenters. The molecule has 4 N–H and O–H groups in total. The van der Waals surface area contributed by atoms with Gasteiger partial charge in [-0.2, -0.15) is 4.72 Å². The maximum Gasteiger partial charge on any atom is 0.261 e. The van der Waals surface area contributed by atoms with Gasteiger partial charge in [-0.3, -0.25) is 19.8 Å². The summed E-state index contributed by atoms with van der Waals surface area (Å²) in [4.78, 5) is 27.7. The molecule has 0 spiro atoms. The van der Waals surface area contributed by atoms with Gasteiger partial charge in [0.05, 0.1) is 10.5 Å². The molecular weight excluding hydrogens is 436 g/mol. The van der Waals surface area contributed by atoms with Crippen LogP contribution in [0.5, 0.6) is 5.75 Å². The monoisotopic (exact) mass is 460 g/mol. The fraction of sp³-hybridized carbons (Fsp3) is 0.286. The number of nitrogens with zero attached hydrogens (tertiary/aromatic N) is 1. The van der Waals surface area contributed by atoms with Crippen LogP contribution in [0.25, 0.3) is 0 Å². The van der Waals surface area contributed by atoms with Gasteiger partial charge in [0.25, 0.3) is 11.8 Å². The van der Waals surface area contributed by atoms with E-state index in [1.165, 1.54) is 35.9 Å². The summed E-state index contributed by atoms with van der Waals surface area (Å²) < 4.78 is 32.9. The van der Waals surface area contributed by atoms with Crippen LogP contribution in [0.3, 0.4) is 0 Å². The summed E-state index contributed by atoms with van der Waals surface area (Å²) in [6.45, 7) is 2.05. The van der Waals surface area contributed by atoms with E-state index in [0.717, 1.165) is 0 Å². The number of hydrogen-bond acceptors (Lipinski definition) is 7. The van der Waals surface area contributed by atoms with Crippen molar-refractivity contribution in [3.63, 3.8) is 0 Å². The van der Waals surface area contributed by atoms with Crippen LogP contribution in [0, 0.1) is 11.8 Å². The van der Waals surface area contributed by atoms with Crippen LogP contribution >= 0.6 is 0 Å². The zero-order valence-corrected chi connectivity index (χ0v) is 18.2. The summed E-state index contributed by atoms with van der Waals surface area (Å²) >= 11 is 0. The van der Waals surface area contributed by atoms with Gasteiger partial charge in [-0.25, -0.2) is 13.9 Å². The largest absolute Gasteiger partial charge is 0.481 e. The summed E-state index contributed by atoms with van der Waals surface area (Å²) in [6, 6.07) is 7.60. The molecule has 0 unspecified atom stereocenters. The lowest BCUT2D eigenvalue weighted by Crippen LogP contribution is -2.46. The molecule has 2 aromatic rings. The van der Waals surface area contributed by atoms with Gasteiger partial charge in [-0.1, -0.05) is 5.92 Å². The second kappa shape index (κ2) is 12.4. The molecule has 0 radical (unpaired) electrons. The zero-order valence-electron chi connectivity index (χ0n) is 17.4. The van der Waals surface area contributed by atoms with Crippen molar-refractivity contribution in [1.82, 2.24) is 20.5 Å². The third-order valence-electron chi connectivity index (χ3n) is 4.22. The molecule has 2 rings (SSSR count). The van der Waals surface area contributed by atoms with E-state index in [-0.39, 0.29) is 36.8 Å². The number of ether oxygens (including phenoxy) is 1. The molecule has 11 heteroatoms. The quantitative estimate of drug-likeness (QED) is 0.168. The Morgan fingerprint density at radius 3 is 2.59 bits per heavy atom. The lowest BCUT2D eigenvalue weighted by molar-refractivity contribution is -0.131. The second-order valence-electron chi connectivity index (χ2n) is 6.48. The van der Waals surface area contributed by atoms with E-state index in [2.05, 4.69) is 26.9 Å². The number of sulfonamides is 1. The average Bonchev–Trinajstić information content (AvgIpc) is 2.81. The number of nitrogens with one attached hydrogen (secondary N) is 3. The number of carbonyl (C=O) groups is 2. The third-order valence-corrected chi connectivity index (χ3v) is 5.71. The first-order valence-corrected chi connectivity index (χ1v) is 11.1. The predicted molar refractivity (Wildman–Crippen MR) is 115 cm³/mol. The van der Waals surface area contributed by atoms with Gasteiger partial charge in [-0.05, 0) is 56.2 Å². The molecule has 1 heterocycles. The molecule has 10 nitrogen and oxygen atoms in total. The molecule has 0 aliphatic carbocycles. The first-order chi connectivity index (χ1) is 15.4. The van der Waals surface area contributed by atoms with Crippen molar-refractivity contribution in [1.29, 1.82) is 0 Å². The number of carbonyl (C=O) groups excluding carboxylic acids is 2. The summed E-state index contributed by atoms with van der Waals surface area (Å²) in [5, 5.41) is 11.6. The summed E-state index contributed by atoms with van der Waals surface area (Å²) in [6.07, 6.45) is 3.27. The minimum absolute atomic E-state index is 0.0375. The highest BCUT2D eigenvalue weighted by molar-refractivity contribution is 7.89. The normalized spacial score (nSPS) is 11.6. The summed E-state index contributed by atoms with van der Waals surface area (Å²) in [5.41, 5.74) is 1.84. The molecule has 2 amide bonds. The van der Waals surface area contributed by atoms with Gasteiger partial charge in [0.15, 0.2) is 0 Å². The molecule has 1 aromatic carbocycles. The zero-order chi connectivity index (χ0) is 23.4. The third kappa shape index (κ3) is 7.66. The highest BCUT2D eigenvalue weighted by Gasteiger charge is 2.25. The highest BCUT2D eigenvalue weighted by Crippen LogP contribution is 2.16.